The van der Waals surface area contributed by atoms with Crippen molar-refractivity contribution in [1.29, 1.82) is 0 Å². The molecule has 0 spiro atoms. The summed E-state index contributed by atoms with van der Waals surface area (Å²) in [5, 5.41) is 4.42. The summed E-state index contributed by atoms with van der Waals surface area (Å²) in [5.74, 6) is 0.679. The molecule has 0 atom stereocenters. The third kappa shape index (κ3) is 3.70. The molecule has 0 aliphatic carbocycles. The van der Waals surface area contributed by atoms with Gasteiger partial charge in [0.25, 0.3) is 0 Å². The van der Waals surface area contributed by atoms with Gasteiger partial charge in [-0.25, -0.2) is 0 Å². The maximum absolute atomic E-state index is 6.56. The third-order valence-corrected chi connectivity index (χ3v) is 8.39. The highest BCUT2D eigenvalue weighted by Gasteiger charge is 2.30. The number of benzene rings is 6. The molecule has 8 aromatic rings. The fraction of sp³-hybridized carbons (Fsp3) is 0.0769. The lowest BCUT2D eigenvalue weighted by atomic mass is 9.94. The molecule has 0 fully saturated rings. The fourth-order valence-electron chi connectivity index (χ4n) is 6.53. The Kier molecular flexibility index (Phi) is 4.92. The van der Waals surface area contributed by atoms with Crippen LogP contribution >= 0.6 is 0 Å². The Hall–Kier alpha value is -5.48. The van der Waals surface area contributed by atoms with Crippen LogP contribution in [0.15, 0.2) is 130 Å². The van der Waals surface area contributed by atoms with E-state index in [0.29, 0.717) is 0 Å². The molecule has 0 saturated heterocycles. The van der Waals surface area contributed by atoms with Gasteiger partial charge in [0.15, 0.2) is 0 Å². The normalized spacial score (nSPS) is 13.9. The van der Waals surface area contributed by atoms with Crippen LogP contribution < -0.4 is 9.47 Å². The molecule has 43 heavy (non-hydrogen) atoms. The third-order valence-electron chi connectivity index (χ3n) is 8.39. The fourth-order valence-corrected chi connectivity index (χ4v) is 6.53. The minimum Gasteiger partial charge on any atom is -0.456 e. The summed E-state index contributed by atoms with van der Waals surface area (Å²) in [5.41, 5.74) is 9.72. The molecule has 0 unspecified atom stereocenters. The van der Waals surface area contributed by atoms with E-state index in [9.17, 15) is 0 Å². The van der Waals surface area contributed by atoms with Crippen molar-refractivity contribution < 1.29 is 18.3 Å². The average Bonchev–Trinajstić information content (AvgIpc) is 3.56. The predicted molar refractivity (Wildman–Crippen MR) is 173 cm³/mol. The van der Waals surface area contributed by atoms with Crippen molar-refractivity contribution in [3.05, 3.63) is 121 Å². The quantitative estimate of drug-likeness (QED) is 0.212. The van der Waals surface area contributed by atoms with Crippen molar-refractivity contribution in [2.75, 3.05) is 0 Å². The summed E-state index contributed by atoms with van der Waals surface area (Å²) in [6.45, 7) is 3.90. The van der Waals surface area contributed by atoms with Gasteiger partial charge in [-0.15, -0.1) is 0 Å². The Balaban J connectivity index is 1.23. The van der Waals surface area contributed by atoms with Crippen LogP contribution in [0.2, 0.25) is 0 Å². The second-order valence-corrected chi connectivity index (χ2v) is 11.6. The molecular formula is C39H26O4. The topological polar surface area (TPSA) is 44.7 Å². The summed E-state index contributed by atoms with van der Waals surface area (Å²) in [6.07, 6.45) is 0. The van der Waals surface area contributed by atoms with E-state index in [-0.39, 0.29) is 0 Å². The number of rotatable bonds is 2. The number of fused-ring (bicyclic) bond motifs is 9. The van der Waals surface area contributed by atoms with Gasteiger partial charge >= 0.3 is 0 Å². The molecule has 0 saturated carbocycles. The van der Waals surface area contributed by atoms with Gasteiger partial charge in [0.1, 0.15) is 33.8 Å². The Labute approximate surface area is 247 Å². The standard InChI is InChI=1S/C39H26O4/c1-39(2)42-34-20-18-23(26-12-7-13-29-27-9-3-5-14-32(27)41-38(26)29)21-31(34)28-19-17-24(22-36(28)43-39)25-11-8-16-35-37(25)30-10-4-6-15-33(30)40-35/h3-22H,1-2H3. The van der Waals surface area contributed by atoms with Crippen LogP contribution in [-0.4, -0.2) is 5.79 Å². The second-order valence-electron chi connectivity index (χ2n) is 11.6. The first-order chi connectivity index (χ1) is 21.0. The minimum atomic E-state index is -0.868. The maximum Gasteiger partial charge on any atom is 0.245 e. The summed E-state index contributed by atoms with van der Waals surface area (Å²) in [6, 6.07) is 41.6. The van der Waals surface area contributed by atoms with Gasteiger partial charge in [-0.2, -0.15) is 0 Å². The monoisotopic (exact) mass is 558 g/mol. The lowest BCUT2D eigenvalue weighted by molar-refractivity contribution is -0.0778. The smallest absolute Gasteiger partial charge is 0.245 e. The zero-order valence-electron chi connectivity index (χ0n) is 23.7. The maximum atomic E-state index is 6.56. The molecule has 0 radical (unpaired) electrons. The van der Waals surface area contributed by atoms with Crippen LogP contribution in [0.4, 0.5) is 0 Å². The van der Waals surface area contributed by atoms with E-state index >= 15 is 0 Å². The predicted octanol–water partition coefficient (Wildman–Crippen LogP) is 11.0. The lowest BCUT2D eigenvalue weighted by Crippen LogP contribution is -2.34. The molecule has 206 valence electrons. The first-order valence-corrected chi connectivity index (χ1v) is 14.5. The Morgan fingerprint density at radius 1 is 0.442 bits per heavy atom. The van der Waals surface area contributed by atoms with E-state index in [0.717, 1.165) is 88.8 Å². The van der Waals surface area contributed by atoms with E-state index in [1.807, 2.05) is 62.4 Å². The van der Waals surface area contributed by atoms with Crippen molar-refractivity contribution in [2.45, 2.75) is 19.6 Å². The van der Waals surface area contributed by atoms with E-state index in [4.69, 9.17) is 18.3 Å². The van der Waals surface area contributed by atoms with Gasteiger partial charge in [-0.3, -0.25) is 0 Å². The minimum absolute atomic E-state index is 0.769. The first-order valence-electron chi connectivity index (χ1n) is 14.5. The van der Waals surface area contributed by atoms with E-state index in [2.05, 4.69) is 72.8 Å². The Morgan fingerprint density at radius 3 is 1.98 bits per heavy atom. The van der Waals surface area contributed by atoms with E-state index in [1.165, 1.54) is 0 Å². The first kappa shape index (κ1) is 24.2. The van der Waals surface area contributed by atoms with Crippen LogP contribution in [0.1, 0.15) is 13.8 Å². The molecule has 6 aromatic carbocycles. The van der Waals surface area contributed by atoms with Crippen LogP contribution in [-0.2, 0) is 0 Å². The molecule has 0 N–H and O–H groups in total. The number of furan rings is 2. The van der Waals surface area contributed by atoms with Gasteiger partial charge in [-0.1, -0.05) is 78.9 Å². The number of para-hydroxylation sites is 3. The second kappa shape index (κ2) is 8.76. The van der Waals surface area contributed by atoms with Gasteiger partial charge < -0.3 is 18.3 Å². The zero-order valence-corrected chi connectivity index (χ0v) is 23.7. The summed E-state index contributed by atoms with van der Waals surface area (Å²) >= 11 is 0. The highest BCUT2D eigenvalue weighted by atomic mass is 16.7. The van der Waals surface area contributed by atoms with Crippen LogP contribution in [0.25, 0.3) is 77.3 Å². The van der Waals surface area contributed by atoms with Gasteiger partial charge in [0.05, 0.1) is 0 Å². The zero-order chi connectivity index (χ0) is 28.7. The SMILES string of the molecule is CC1(C)Oc2cc(-c3cccc4oc5ccccc5c34)ccc2-c2cc(-c3cccc4c3oc3ccccc34)ccc2O1. The van der Waals surface area contributed by atoms with Gasteiger partial charge in [-0.05, 0) is 59.2 Å². The molecule has 3 heterocycles. The summed E-state index contributed by atoms with van der Waals surface area (Å²) < 4.78 is 25.6. The lowest BCUT2D eigenvalue weighted by Gasteiger charge is -2.25. The van der Waals surface area contributed by atoms with Crippen molar-refractivity contribution in [3.63, 3.8) is 0 Å². The number of hydrogen-bond donors (Lipinski definition) is 0. The highest BCUT2D eigenvalue weighted by molar-refractivity contribution is 6.13. The van der Waals surface area contributed by atoms with Gasteiger partial charge in [0, 0.05) is 52.1 Å². The molecule has 4 heteroatoms. The van der Waals surface area contributed by atoms with Crippen molar-refractivity contribution >= 4 is 43.9 Å². The van der Waals surface area contributed by atoms with Crippen LogP contribution in [0.5, 0.6) is 11.5 Å². The average molecular weight is 559 g/mol. The van der Waals surface area contributed by atoms with Crippen molar-refractivity contribution in [2.24, 2.45) is 0 Å². The Morgan fingerprint density at radius 2 is 1.09 bits per heavy atom. The number of hydrogen-bond acceptors (Lipinski definition) is 4. The highest BCUT2D eigenvalue weighted by Crippen LogP contribution is 2.47. The van der Waals surface area contributed by atoms with E-state index in [1.54, 1.807) is 0 Å². The van der Waals surface area contributed by atoms with E-state index < -0.39 is 5.79 Å². The Bertz CT molecular complexity index is 2390. The molecule has 4 nitrogen and oxygen atoms in total. The number of ether oxygens (including phenoxy) is 2. The molecule has 2 aromatic heterocycles. The molecule has 9 rings (SSSR count). The molecule has 1 aliphatic rings. The van der Waals surface area contributed by atoms with Crippen molar-refractivity contribution in [1.82, 2.24) is 0 Å². The molecule has 1 aliphatic heterocycles. The van der Waals surface area contributed by atoms with Gasteiger partial charge in [0.2, 0.25) is 5.79 Å². The molecule has 0 amide bonds. The largest absolute Gasteiger partial charge is 0.456 e. The van der Waals surface area contributed by atoms with Crippen LogP contribution in [0.3, 0.4) is 0 Å². The summed E-state index contributed by atoms with van der Waals surface area (Å²) in [4.78, 5) is 0. The summed E-state index contributed by atoms with van der Waals surface area (Å²) in [7, 11) is 0. The molecule has 0 bridgehead atoms. The van der Waals surface area contributed by atoms with Crippen molar-refractivity contribution in [3.8, 4) is 44.9 Å². The van der Waals surface area contributed by atoms with Crippen LogP contribution in [0, 0.1) is 0 Å². The molecular weight excluding hydrogens is 532 g/mol.